The molecule has 1 aliphatic rings. The smallest absolute Gasteiger partial charge is 0.0635 e. The number of rotatable bonds is 2. The Balaban J connectivity index is 2.24. The topological polar surface area (TPSA) is 43.8 Å². The molecule has 1 aromatic rings. The van der Waals surface area contributed by atoms with E-state index in [4.69, 9.17) is 5.73 Å². The van der Waals surface area contributed by atoms with Gasteiger partial charge in [-0.05, 0) is 47.0 Å². The average Bonchev–Trinajstić information content (AvgIpc) is 2.59. The van der Waals surface area contributed by atoms with Crippen molar-refractivity contribution in [2.45, 2.75) is 45.1 Å². The molecular weight excluding hydrogens is 278 g/mol. The van der Waals surface area contributed by atoms with Crippen molar-refractivity contribution in [1.82, 2.24) is 9.78 Å². The highest BCUT2D eigenvalue weighted by Gasteiger charge is 2.33. The van der Waals surface area contributed by atoms with Gasteiger partial charge in [0.15, 0.2) is 0 Å². The van der Waals surface area contributed by atoms with Crippen LogP contribution in [0.2, 0.25) is 0 Å². The Morgan fingerprint density at radius 1 is 1.47 bits per heavy atom. The summed E-state index contributed by atoms with van der Waals surface area (Å²) in [5.74, 6) is 1.98. The number of nitrogens with two attached hydrogens (primary N) is 1. The number of hydrogen-bond donors (Lipinski definition) is 1. The van der Waals surface area contributed by atoms with Gasteiger partial charge in [-0.1, -0.05) is 13.8 Å². The van der Waals surface area contributed by atoms with Crippen LogP contribution in [0, 0.1) is 11.8 Å². The van der Waals surface area contributed by atoms with E-state index in [0.29, 0.717) is 5.92 Å². The first-order chi connectivity index (χ1) is 8.00. The standard InChI is InChI=1S/C13H22BrN3/c1-8(2)9-4-5-12(15)10(6-9)13-11(14)7-16-17(13)3/h7-10,12H,4-6,15H2,1-3H3. The van der Waals surface area contributed by atoms with E-state index < -0.39 is 0 Å². The molecule has 0 spiro atoms. The predicted molar refractivity (Wildman–Crippen MR) is 73.8 cm³/mol. The summed E-state index contributed by atoms with van der Waals surface area (Å²) in [6, 6.07) is 0.275. The van der Waals surface area contributed by atoms with Crippen molar-refractivity contribution in [1.29, 1.82) is 0 Å². The van der Waals surface area contributed by atoms with Gasteiger partial charge in [0.25, 0.3) is 0 Å². The molecule has 2 rings (SSSR count). The van der Waals surface area contributed by atoms with Crippen molar-refractivity contribution in [2.24, 2.45) is 24.6 Å². The van der Waals surface area contributed by atoms with Crippen LogP contribution in [0.3, 0.4) is 0 Å². The van der Waals surface area contributed by atoms with Gasteiger partial charge >= 0.3 is 0 Å². The average molecular weight is 300 g/mol. The summed E-state index contributed by atoms with van der Waals surface area (Å²) in [7, 11) is 2.01. The van der Waals surface area contributed by atoms with E-state index in [-0.39, 0.29) is 6.04 Å². The molecule has 96 valence electrons. The lowest BCUT2D eigenvalue weighted by Gasteiger charge is -2.36. The minimum atomic E-state index is 0.275. The van der Waals surface area contributed by atoms with Crippen LogP contribution < -0.4 is 5.73 Å². The van der Waals surface area contributed by atoms with Crippen molar-refractivity contribution in [3.63, 3.8) is 0 Å². The molecule has 0 aliphatic heterocycles. The van der Waals surface area contributed by atoms with E-state index in [1.807, 2.05) is 17.9 Å². The lowest BCUT2D eigenvalue weighted by molar-refractivity contribution is 0.227. The number of aryl methyl sites for hydroxylation is 1. The molecule has 1 aromatic heterocycles. The van der Waals surface area contributed by atoms with Gasteiger partial charge in [-0.25, -0.2) is 0 Å². The predicted octanol–water partition coefficient (Wildman–Crippen LogP) is 3.05. The Morgan fingerprint density at radius 3 is 2.71 bits per heavy atom. The Kier molecular flexibility index (Phi) is 3.93. The maximum atomic E-state index is 6.31. The third-order valence-corrected chi connectivity index (χ3v) is 4.79. The van der Waals surface area contributed by atoms with Crippen LogP contribution in [-0.2, 0) is 7.05 Å². The normalized spacial score (nSPS) is 29.9. The van der Waals surface area contributed by atoms with Crippen LogP contribution in [0.5, 0.6) is 0 Å². The van der Waals surface area contributed by atoms with Gasteiger partial charge in [0.05, 0.1) is 16.4 Å². The Morgan fingerprint density at radius 2 is 2.18 bits per heavy atom. The first kappa shape index (κ1) is 13.1. The zero-order valence-corrected chi connectivity index (χ0v) is 12.4. The second-order valence-electron chi connectivity index (χ2n) is 5.59. The maximum Gasteiger partial charge on any atom is 0.0635 e. The fourth-order valence-corrected chi connectivity index (χ4v) is 3.63. The number of hydrogen-bond acceptors (Lipinski definition) is 2. The third-order valence-electron chi connectivity index (χ3n) is 4.18. The molecule has 0 amide bonds. The molecule has 2 N–H and O–H groups in total. The molecule has 0 saturated heterocycles. The van der Waals surface area contributed by atoms with Crippen molar-refractivity contribution in [2.75, 3.05) is 0 Å². The van der Waals surface area contributed by atoms with Gasteiger partial charge in [0, 0.05) is 19.0 Å². The molecule has 4 heteroatoms. The van der Waals surface area contributed by atoms with E-state index in [2.05, 4.69) is 34.9 Å². The first-order valence-corrected chi connectivity index (χ1v) is 7.23. The molecule has 1 aliphatic carbocycles. The van der Waals surface area contributed by atoms with Gasteiger partial charge in [-0.2, -0.15) is 5.10 Å². The van der Waals surface area contributed by atoms with Crippen LogP contribution in [0.1, 0.15) is 44.7 Å². The van der Waals surface area contributed by atoms with Gasteiger partial charge < -0.3 is 5.73 Å². The zero-order valence-electron chi connectivity index (χ0n) is 10.9. The molecule has 0 radical (unpaired) electrons. The van der Waals surface area contributed by atoms with Crippen LogP contribution in [0.25, 0.3) is 0 Å². The molecular formula is C13H22BrN3. The van der Waals surface area contributed by atoms with Crippen molar-refractivity contribution >= 4 is 15.9 Å². The Bertz CT molecular complexity index is 367. The molecule has 1 heterocycles. The maximum absolute atomic E-state index is 6.31. The lowest BCUT2D eigenvalue weighted by atomic mass is 9.73. The van der Waals surface area contributed by atoms with Crippen molar-refractivity contribution in [3.05, 3.63) is 16.4 Å². The Labute approximate surface area is 112 Å². The summed E-state index contributed by atoms with van der Waals surface area (Å²) < 4.78 is 3.07. The molecule has 3 atom stereocenters. The third kappa shape index (κ3) is 2.58. The zero-order chi connectivity index (χ0) is 12.6. The largest absolute Gasteiger partial charge is 0.327 e. The van der Waals surface area contributed by atoms with Gasteiger partial charge in [-0.3, -0.25) is 4.68 Å². The molecule has 3 nitrogen and oxygen atoms in total. The highest BCUT2D eigenvalue weighted by atomic mass is 79.9. The second kappa shape index (κ2) is 5.11. The second-order valence-corrected chi connectivity index (χ2v) is 6.44. The lowest BCUT2D eigenvalue weighted by Crippen LogP contribution is -2.37. The van der Waals surface area contributed by atoms with E-state index >= 15 is 0 Å². The van der Waals surface area contributed by atoms with Crippen molar-refractivity contribution in [3.8, 4) is 0 Å². The van der Waals surface area contributed by atoms with Crippen LogP contribution in [0.15, 0.2) is 10.7 Å². The Hall–Kier alpha value is -0.350. The molecule has 3 unspecified atom stereocenters. The summed E-state index contributed by atoms with van der Waals surface area (Å²) in [4.78, 5) is 0. The summed E-state index contributed by atoms with van der Waals surface area (Å²) in [6.07, 6.45) is 5.47. The minimum absolute atomic E-state index is 0.275. The number of nitrogens with zero attached hydrogens (tertiary/aromatic N) is 2. The number of halogens is 1. The molecule has 1 saturated carbocycles. The van der Waals surface area contributed by atoms with E-state index in [0.717, 1.165) is 22.7 Å². The van der Waals surface area contributed by atoms with Crippen LogP contribution in [-0.4, -0.2) is 15.8 Å². The highest BCUT2D eigenvalue weighted by molar-refractivity contribution is 9.10. The van der Waals surface area contributed by atoms with E-state index in [1.165, 1.54) is 18.5 Å². The first-order valence-electron chi connectivity index (χ1n) is 6.43. The summed E-state index contributed by atoms with van der Waals surface area (Å²) in [5.41, 5.74) is 7.57. The van der Waals surface area contributed by atoms with E-state index in [1.54, 1.807) is 0 Å². The van der Waals surface area contributed by atoms with E-state index in [9.17, 15) is 0 Å². The summed E-state index contributed by atoms with van der Waals surface area (Å²) in [6.45, 7) is 4.63. The van der Waals surface area contributed by atoms with Gasteiger partial charge in [0.1, 0.15) is 0 Å². The summed E-state index contributed by atoms with van der Waals surface area (Å²) >= 11 is 3.60. The fourth-order valence-electron chi connectivity index (χ4n) is 2.98. The highest BCUT2D eigenvalue weighted by Crippen LogP contribution is 2.40. The fraction of sp³-hybridized carbons (Fsp3) is 0.769. The van der Waals surface area contributed by atoms with Gasteiger partial charge in [-0.15, -0.1) is 0 Å². The monoisotopic (exact) mass is 299 g/mol. The number of aromatic nitrogens is 2. The molecule has 1 fully saturated rings. The van der Waals surface area contributed by atoms with Crippen LogP contribution >= 0.6 is 15.9 Å². The quantitative estimate of drug-likeness (QED) is 0.912. The molecule has 0 aromatic carbocycles. The SMILES string of the molecule is CC(C)C1CCC(N)C(c2c(Br)cnn2C)C1. The molecule has 17 heavy (non-hydrogen) atoms. The van der Waals surface area contributed by atoms with Gasteiger partial charge in [0.2, 0.25) is 0 Å². The molecule has 0 bridgehead atoms. The van der Waals surface area contributed by atoms with Crippen LogP contribution in [0.4, 0.5) is 0 Å². The van der Waals surface area contributed by atoms with Crippen molar-refractivity contribution < 1.29 is 0 Å². The summed E-state index contributed by atoms with van der Waals surface area (Å²) in [5, 5.41) is 4.31. The minimum Gasteiger partial charge on any atom is -0.327 e.